The molecule has 0 aliphatic heterocycles. The van der Waals surface area contributed by atoms with E-state index in [4.69, 9.17) is 0 Å². The SMILES string of the molecule is CN(C)C(=O)CCCNC1CCCCCC1O. The van der Waals surface area contributed by atoms with Crippen LogP contribution in [0.15, 0.2) is 0 Å². The van der Waals surface area contributed by atoms with E-state index in [1.165, 1.54) is 12.8 Å². The van der Waals surface area contributed by atoms with Gasteiger partial charge in [-0.2, -0.15) is 0 Å². The zero-order valence-corrected chi connectivity index (χ0v) is 11.1. The summed E-state index contributed by atoms with van der Waals surface area (Å²) in [7, 11) is 3.57. The minimum absolute atomic E-state index is 0.174. The number of carbonyl (C=O) groups excluding carboxylic acids is 1. The molecule has 2 unspecified atom stereocenters. The second-order valence-corrected chi connectivity index (χ2v) is 5.16. The van der Waals surface area contributed by atoms with Crippen molar-refractivity contribution in [1.29, 1.82) is 0 Å². The van der Waals surface area contributed by atoms with Crippen LogP contribution in [0.2, 0.25) is 0 Å². The van der Waals surface area contributed by atoms with Crippen LogP contribution >= 0.6 is 0 Å². The topological polar surface area (TPSA) is 52.6 Å². The van der Waals surface area contributed by atoms with Crippen molar-refractivity contribution in [2.24, 2.45) is 0 Å². The molecule has 0 radical (unpaired) electrons. The lowest BCUT2D eigenvalue weighted by molar-refractivity contribution is -0.128. The summed E-state index contributed by atoms with van der Waals surface area (Å²) in [6, 6.07) is 0.229. The smallest absolute Gasteiger partial charge is 0.222 e. The van der Waals surface area contributed by atoms with Crippen molar-refractivity contribution >= 4 is 5.91 Å². The van der Waals surface area contributed by atoms with Gasteiger partial charge < -0.3 is 15.3 Å². The molecule has 0 aromatic rings. The van der Waals surface area contributed by atoms with Crippen molar-refractivity contribution in [3.8, 4) is 0 Å². The first-order chi connectivity index (χ1) is 8.11. The average molecular weight is 242 g/mol. The number of carbonyl (C=O) groups is 1. The van der Waals surface area contributed by atoms with E-state index in [0.717, 1.165) is 32.2 Å². The molecule has 0 saturated heterocycles. The molecule has 1 aliphatic rings. The quantitative estimate of drug-likeness (QED) is 0.561. The standard InChI is InChI=1S/C13H26N2O2/c1-15(2)13(17)9-6-10-14-11-7-4-3-5-8-12(11)16/h11-12,14,16H,3-10H2,1-2H3. The van der Waals surface area contributed by atoms with Gasteiger partial charge in [0.1, 0.15) is 0 Å². The number of nitrogens with one attached hydrogen (secondary N) is 1. The number of rotatable bonds is 5. The highest BCUT2D eigenvalue weighted by atomic mass is 16.3. The summed E-state index contributed by atoms with van der Waals surface area (Å²) in [6.07, 6.45) is 6.76. The highest BCUT2D eigenvalue weighted by Crippen LogP contribution is 2.17. The third-order valence-electron chi connectivity index (χ3n) is 3.45. The third kappa shape index (κ3) is 5.50. The van der Waals surface area contributed by atoms with Gasteiger partial charge in [0.15, 0.2) is 0 Å². The van der Waals surface area contributed by atoms with Crippen LogP contribution in [0.3, 0.4) is 0 Å². The summed E-state index contributed by atoms with van der Waals surface area (Å²) >= 11 is 0. The van der Waals surface area contributed by atoms with Crippen molar-refractivity contribution in [3.63, 3.8) is 0 Å². The first-order valence-corrected chi connectivity index (χ1v) is 6.73. The van der Waals surface area contributed by atoms with Gasteiger partial charge in [-0.15, -0.1) is 0 Å². The van der Waals surface area contributed by atoms with E-state index < -0.39 is 0 Å². The summed E-state index contributed by atoms with van der Waals surface area (Å²) in [4.78, 5) is 13.0. The van der Waals surface area contributed by atoms with E-state index in [9.17, 15) is 9.90 Å². The molecule has 1 aliphatic carbocycles. The van der Waals surface area contributed by atoms with E-state index in [2.05, 4.69) is 5.32 Å². The lowest BCUT2D eigenvalue weighted by atomic mass is 10.1. The second-order valence-electron chi connectivity index (χ2n) is 5.16. The molecule has 100 valence electrons. The summed E-state index contributed by atoms with van der Waals surface area (Å²) in [6.45, 7) is 0.821. The molecule has 2 atom stereocenters. The van der Waals surface area contributed by atoms with Gasteiger partial charge in [-0.25, -0.2) is 0 Å². The van der Waals surface area contributed by atoms with E-state index in [1.807, 2.05) is 0 Å². The van der Waals surface area contributed by atoms with Crippen molar-refractivity contribution in [2.75, 3.05) is 20.6 Å². The fourth-order valence-electron chi connectivity index (χ4n) is 2.28. The molecule has 17 heavy (non-hydrogen) atoms. The Balaban J connectivity index is 2.14. The van der Waals surface area contributed by atoms with Crippen molar-refractivity contribution in [1.82, 2.24) is 10.2 Å². The lowest BCUT2D eigenvalue weighted by Crippen LogP contribution is -2.39. The molecule has 2 N–H and O–H groups in total. The van der Waals surface area contributed by atoms with Crippen LogP contribution in [0.25, 0.3) is 0 Å². The van der Waals surface area contributed by atoms with E-state index >= 15 is 0 Å². The summed E-state index contributed by atoms with van der Waals surface area (Å²) < 4.78 is 0. The summed E-state index contributed by atoms with van der Waals surface area (Å²) in [5, 5.41) is 13.3. The van der Waals surface area contributed by atoms with E-state index in [1.54, 1.807) is 19.0 Å². The third-order valence-corrected chi connectivity index (χ3v) is 3.45. The highest BCUT2D eigenvalue weighted by Gasteiger charge is 2.20. The van der Waals surface area contributed by atoms with Gasteiger partial charge >= 0.3 is 0 Å². The molecule has 0 spiro atoms. The summed E-state index contributed by atoms with van der Waals surface area (Å²) in [5.74, 6) is 0.174. The minimum atomic E-state index is -0.206. The Kier molecular flexibility index (Phi) is 6.52. The van der Waals surface area contributed by atoms with Gasteiger partial charge in [0, 0.05) is 26.6 Å². The average Bonchev–Trinajstić information content (AvgIpc) is 2.49. The van der Waals surface area contributed by atoms with Crippen LogP contribution in [0.4, 0.5) is 0 Å². The summed E-state index contributed by atoms with van der Waals surface area (Å²) in [5.41, 5.74) is 0. The molecule has 1 rings (SSSR count). The molecule has 1 saturated carbocycles. The first kappa shape index (κ1) is 14.5. The molecule has 4 nitrogen and oxygen atoms in total. The normalized spacial score (nSPS) is 25.4. The number of nitrogens with zero attached hydrogens (tertiary/aromatic N) is 1. The van der Waals surface area contributed by atoms with Crippen LogP contribution in [0, 0.1) is 0 Å². The molecule has 4 heteroatoms. The van der Waals surface area contributed by atoms with Gasteiger partial charge in [0.25, 0.3) is 0 Å². The Morgan fingerprint density at radius 1 is 1.29 bits per heavy atom. The van der Waals surface area contributed by atoms with Crippen LogP contribution < -0.4 is 5.32 Å². The minimum Gasteiger partial charge on any atom is -0.392 e. The Labute approximate surface area is 104 Å². The zero-order valence-electron chi connectivity index (χ0n) is 11.1. The van der Waals surface area contributed by atoms with Crippen LogP contribution in [0.5, 0.6) is 0 Å². The highest BCUT2D eigenvalue weighted by molar-refractivity contribution is 5.75. The van der Waals surface area contributed by atoms with Gasteiger partial charge in [-0.1, -0.05) is 19.3 Å². The fourth-order valence-corrected chi connectivity index (χ4v) is 2.28. The maximum absolute atomic E-state index is 11.4. The maximum atomic E-state index is 11.4. The van der Waals surface area contributed by atoms with Crippen molar-refractivity contribution in [3.05, 3.63) is 0 Å². The zero-order chi connectivity index (χ0) is 12.7. The molecular formula is C13H26N2O2. The molecule has 1 fully saturated rings. The largest absolute Gasteiger partial charge is 0.392 e. The van der Waals surface area contributed by atoms with E-state index in [-0.39, 0.29) is 18.1 Å². The maximum Gasteiger partial charge on any atom is 0.222 e. The number of amides is 1. The molecule has 0 bridgehead atoms. The Morgan fingerprint density at radius 2 is 2.00 bits per heavy atom. The van der Waals surface area contributed by atoms with Gasteiger partial charge in [0.05, 0.1) is 6.10 Å². The molecule has 0 aromatic heterocycles. The second kappa shape index (κ2) is 7.67. The molecular weight excluding hydrogens is 216 g/mol. The van der Waals surface area contributed by atoms with Crippen molar-refractivity contribution in [2.45, 2.75) is 57.1 Å². The monoisotopic (exact) mass is 242 g/mol. The molecule has 0 aromatic carbocycles. The lowest BCUT2D eigenvalue weighted by Gasteiger charge is -2.21. The molecule has 1 amide bonds. The van der Waals surface area contributed by atoms with Crippen LogP contribution in [-0.2, 0) is 4.79 Å². The number of hydrogen-bond donors (Lipinski definition) is 2. The van der Waals surface area contributed by atoms with Gasteiger partial charge in [-0.3, -0.25) is 4.79 Å². The Hall–Kier alpha value is -0.610. The van der Waals surface area contributed by atoms with Crippen LogP contribution in [0.1, 0.15) is 44.9 Å². The first-order valence-electron chi connectivity index (χ1n) is 6.73. The number of aliphatic hydroxyl groups excluding tert-OH is 1. The molecule has 0 heterocycles. The Morgan fingerprint density at radius 3 is 2.71 bits per heavy atom. The predicted molar refractivity (Wildman–Crippen MR) is 68.8 cm³/mol. The fraction of sp³-hybridized carbons (Fsp3) is 0.923. The van der Waals surface area contributed by atoms with Gasteiger partial charge in [-0.05, 0) is 25.8 Å². The van der Waals surface area contributed by atoms with Gasteiger partial charge in [0.2, 0.25) is 5.91 Å². The van der Waals surface area contributed by atoms with Crippen LogP contribution in [-0.4, -0.2) is 48.7 Å². The van der Waals surface area contributed by atoms with Crippen molar-refractivity contribution < 1.29 is 9.90 Å². The Bertz CT molecular complexity index is 231. The van der Waals surface area contributed by atoms with E-state index in [0.29, 0.717) is 6.42 Å². The predicted octanol–water partition coefficient (Wildman–Crippen LogP) is 1.14. The number of aliphatic hydroxyl groups is 1. The number of hydrogen-bond acceptors (Lipinski definition) is 3.